The van der Waals surface area contributed by atoms with Crippen molar-refractivity contribution in [3.8, 4) is 0 Å². The van der Waals surface area contributed by atoms with E-state index in [1.54, 1.807) is 11.3 Å². The van der Waals surface area contributed by atoms with Crippen molar-refractivity contribution in [2.75, 3.05) is 19.6 Å². The second kappa shape index (κ2) is 9.45. The van der Waals surface area contributed by atoms with E-state index in [0.29, 0.717) is 0 Å². The Kier molecular flexibility index (Phi) is 8.26. The Morgan fingerprint density at radius 3 is 2.68 bits per heavy atom. The number of rotatable bonds is 10. The monoisotopic (exact) mass is 283 g/mol. The van der Waals surface area contributed by atoms with Crippen LogP contribution in [0.1, 0.15) is 43.8 Å². The zero-order valence-electron chi connectivity index (χ0n) is 12.6. The molecule has 1 atom stereocenters. The number of nitrogens with one attached hydrogen (secondary N) is 1. The molecule has 0 amide bonds. The largest absolute Gasteiger partial charge is 0.330 e. The predicted molar refractivity (Wildman–Crippen MR) is 84.7 cm³/mol. The maximum absolute atomic E-state index is 5.66. The molecule has 0 spiro atoms. The van der Waals surface area contributed by atoms with Gasteiger partial charge in [0, 0.05) is 24.0 Å². The van der Waals surface area contributed by atoms with Gasteiger partial charge in [-0.1, -0.05) is 13.8 Å². The molecule has 1 unspecified atom stereocenters. The van der Waals surface area contributed by atoms with Crippen LogP contribution in [0.2, 0.25) is 0 Å². The van der Waals surface area contributed by atoms with Crippen LogP contribution in [-0.2, 0) is 6.42 Å². The number of hydrogen-bond donors (Lipinski definition) is 2. The summed E-state index contributed by atoms with van der Waals surface area (Å²) >= 11 is 1.76. The zero-order valence-corrected chi connectivity index (χ0v) is 13.4. The summed E-state index contributed by atoms with van der Waals surface area (Å²) in [7, 11) is 0. The molecule has 1 aromatic rings. The van der Waals surface area contributed by atoms with E-state index in [0.717, 1.165) is 50.0 Å². The summed E-state index contributed by atoms with van der Waals surface area (Å²) in [5, 5.41) is 6.88. The molecule has 0 aliphatic heterocycles. The van der Waals surface area contributed by atoms with Gasteiger partial charge in [0.2, 0.25) is 0 Å². The molecule has 0 aliphatic carbocycles. The van der Waals surface area contributed by atoms with Gasteiger partial charge in [-0.3, -0.25) is 0 Å². The molecule has 0 saturated heterocycles. The lowest BCUT2D eigenvalue weighted by atomic mass is 9.88. The highest BCUT2D eigenvalue weighted by atomic mass is 32.1. The molecular formula is C15H29N3S. The second-order valence-electron chi connectivity index (χ2n) is 5.61. The van der Waals surface area contributed by atoms with Crippen LogP contribution in [0.15, 0.2) is 5.38 Å². The molecule has 0 radical (unpaired) electrons. The third-order valence-corrected chi connectivity index (χ3v) is 4.62. The van der Waals surface area contributed by atoms with Crippen molar-refractivity contribution in [2.24, 2.45) is 17.6 Å². The van der Waals surface area contributed by atoms with E-state index in [2.05, 4.69) is 36.5 Å². The fourth-order valence-corrected chi connectivity index (χ4v) is 3.13. The molecule has 1 rings (SSSR count). The van der Waals surface area contributed by atoms with Crippen molar-refractivity contribution in [1.29, 1.82) is 0 Å². The first-order valence-electron chi connectivity index (χ1n) is 7.45. The molecule has 1 aromatic heterocycles. The smallest absolute Gasteiger partial charge is 0.0940 e. The lowest BCUT2D eigenvalue weighted by molar-refractivity contribution is 0.331. The third kappa shape index (κ3) is 7.04. The zero-order chi connectivity index (χ0) is 14.1. The average molecular weight is 283 g/mol. The topological polar surface area (TPSA) is 50.9 Å². The summed E-state index contributed by atoms with van der Waals surface area (Å²) < 4.78 is 0. The Bertz CT molecular complexity index is 336. The van der Waals surface area contributed by atoms with E-state index in [9.17, 15) is 0 Å². The summed E-state index contributed by atoms with van der Waals surface area (Å²) in [5.41, 5.74) is 6.80. The molecule has 3 nitrogen and oxygen atoms in total. The minimum absolute atomic E-state index is 0.752. The summed E-state index contributed by atoms with van der Waals surface area (Å²) in [5.74, 6) is 1.54. The van der Waals surface area contributed by atoms with E-state index in [4.69, 9.17) is 5.73 Å². The maximum atomic E-state index is 5.66. The summed E-state index contributed by atoms with van der Waals surface area (Å²) in [6.07, 6.45) is 4.75. The lowest BCUT2D eigenvalue weighted by Crippen LogP contribution is -2.21. The van der Waals surface area contributed by atoms with Gasteiger partial charge in [0.05, 0.1) is 5.01 Å². The lowest BCUT2D eigenvalue weighted by Gasteiger charge is -2.19. The SMILES string of the molecule is Cc1csc(CCNCCCC(CCN)C(C)C)n1. The number of thiazole rings is 1. The summed E-state index contributed by atoms with van der Waals surface area (Å²) in [6.45, 7) is 9.63. The Morgan fingerprint density at radius 2 is 2.11 bits per heavy atom. The van der Waals surface area contributed by atoms with E-state index >= 15 is 0 Å². The first-order chi connectivity index (χ1) is 9.13. The molecule has 19 heavy (non-hydrogen) atoms. The van der Waals surface area contributed by atoms with Crippen LogP contribution in [-0.4, -0.2) is 24.6 Å². The first kappa shape index (κ1) is 16.6. The van der Waals surface area contributed by atoms with Gasteiger partial charge in [-0.2, -0.15) is 0 Å². The Balaban J connectivity index is 2.04. The average Bonchev–Trinajstić information content (AvgIpc) is 2.77. The van der Waals surface area contributed by atoms with Crippen LogP contribution in [0.3, 0.4) is 0 Å². The molecule has 0 aliphatic rings. The number of hydrogen-bond acceptors (Lipinski definition) is 4. The van der Waals surface area contributed by atoms with Crippen molar-refractivity contribution in [3.63, 3.8) is 0 Å². The fourth-order valence-electron chi connectivity index (χ4n) is 2.35. The summed E-state index contributed by atoms with van der Waals surface area (Å²) in [6, 6.07) is 0. The number of aromatic nitrogens is 1. The van der Waals surface area contributed by atoms with Crippen molar-refractivity contribution in [2.45, 2.75) is 46.5 Å². The Hall–Kier alpha value is -0.450. The Labute approximate surface area is 122 Å². The number of aryl methyl sites for hydroxylation is 1. The predicted octanol–water partition coefficient (Wildman–Crippen LogP) is 2.98. The van der Waals surface area contributed by atoms with Gasteiger partial charge in [0.25, 0.3) is 0 Å². The van der Waals surface area contributed by atoms with Gasteiger partial charge in [0.1, 0.15) is 0 Å². The highest BCUT2D eigenvalue weighted by Crippen LogP contribution is 2.19. The molecular weight excluding hydrogens is 254 g/mol. The highest BCUT2D eigenvalue weighted by Gasteiger charge is 2.11. The number of nitrogens with zero attached hydrogens (tertiary/aromatic N) is 1. The molecule has 1 heterocycles. The second-order valence-corrected chi connectivity index (χ2v) is 6.55. The fraction of sp³-hybridized carbons (Fsp3) is 0.800. The standard InChI is InChI=1S/C15H29N3S/c1-12(2)14(6-8-16)5-4-9-17-10-7-15-18-13(3)11-19-15/h11-12,14,17H,4-10,16H2,1-3H3. The van der Waals surface area contributed by atoms with Crippen molar-refractivity contribution in [1.82, 2.24) is 10.3 Å². The quantitative estimate of drug-likeness (QED) is 0.649. The van der Waals surface area contributed by atoms with Crippen LogP contribution >= 0.6 is 11.3 Å². The van der Waals surface area contributed by atoms with Gasteiger partial charge in [-0.15, -0.1) is 11.3 Å². The van der Waals surface area contributed by atoms with Gasteiger partial charge in [-0.05, 0) is 51.1 Å². The van der Waals surface area contributed by atoms with E-state index in [1.165, 1.54) is 17.8 Å². The first-order valence-corrected chi connectivity index (χ1v) is 8.33. The maximum Gasteiger partial charge on any atom is 0.0940 e. The van der Waals surface area contributed by atoms with Crippen LogP contribution in [0.4, 0.5) is 0 Å². The third-order valence-electron chi connectivity index (χ3n) is 3.59. The van der Waals surface area contributed by atoms with Crippen molar-refractivity contribution >= 4 is 11.3 Å². The van der Waals surface area contributed by atoms with Crippen LogP contribution in [0, 0.1) is 18.8 Å². The Morgan fingerprint density at radius 1 is 1.32 bits per heavy atom. The minimum Gasteiger partial charge on any atom is -0.330 e. The van der Waals surface area contributed by atoms with Gasteiger partial charge >= 0.3 is 0 Å². The normalized spacial score (nSPS) is 13.1. The molecule has 0 fully saturated rings. The van der Waals surface area contributed by atoms with E-state index in [1.807, 2.05) is 0 Å². The molecule has 0 aromatic carbocycles. The van der Waals surface area contributed by atoms with Crippen LogP contribution < -0.4 is 11.1 Å². The van der Waals surface area contributed by atoms with Crippen molar-refractivity contribution < 1.29 is 0 Å². The van der Waals surface area contributed by atoms with Crippen molar-refractivity contribution in [3.05, 3.63) is 16.1 Å². The van der Waals surface area contributed by atoms with E-state index < -0.39 is 0 Å². The number of nitrogens with two attached hydrogens (primary N) is 1. The molecule has 3 N–H and O–H groups in total. The van der Waals surface area contributed by atoms with Crippen LogP contribution in [0.5, 0.6) is 0 Å². The summed E-state index contributed by atoms with van der Waals surface area (Å²) in [4.78, 5) is 4.47. The molecule has 0 saturated carbocycles. The van der Waals surface area contributed by atoms with E-state index in [-0.39, 0.29) is 0 Å². The molecule has 110 valence electrons. The van der Waals surface area contributed by atoms with Crippen LogP contribution in [0.25, 0.3) is 0 Å². The minimum atomic E-state index is 0.752. The highest BCUT2D eigenvalue weighted by molar-refractivity contribution is 7.09. The molecule has 0 bridgehead atoms. The molecule has 4 heteroatoms. The van der Waals surface area contributed by atoms with Gasteiger partial charge < -0.3 is 11.1 Å². The van der Waals surface area contributed by atoms with Gasteiger partial charge in [0.15, 0.2) is 0 Å². The van der Waals surface area contributed by atoms with Gasteiger partial charge in [-0.25, -0.2) is 4.98 Å².